The van der Waals surface area contributed by atoms with Crippen molar-refractivity contribution in [3.05, 3.63) is 125 Å². The quantitative estimate of drug-likeness (QED) is 0.355. The molecular formula is C29H26N2. The molecule has 1 heterocycles. The molecule has 3 aromatic carbocycles. The molecule has 2 aliphatic rings. The zero-order chi connectivity index (χ0) is 20.6. The predicted molar refractivity (Wildman–Crippen MR) is 126 cm³/mol. The van der Waals surface area contributed by atoms with E-state index in [0.717, 1.165) is 25.8 Å². The van der Waals surface area contributed by atoms with E-state index in [1.54, 1.807) is 11.1 Å². The van der Waals surface area contributed by atoms with Crippen molar-refractivity contribution in [2.75, 3.05) is 0 Å². The predicted octanol–water partition coefficient (Wildman–Crippen LogP) is 6.52. The van der Waals surface area contributed by atoms with Gasteiger partial charge < -0.3 is 4.57 Å². The normalized spacial score (nSPS) is 18.8. The summed E-state index contributed by atoms with van der Waals surface area (Å²) in [7, 11) is 0. The van der Waals surface area contributed by atoms with Gasteiger partial charge in [-0.05, 0) is 58.2 Å². The van der Waals surface area contributed by atoms with Gasteiger partial charge in [0.15, 0.2) is 0 Å². The summed E-state index contributed by atoms with van der Waals surface area (Å²) in [4.78, 5) is 4.22. The highest BCUT2D eigenvalue weighted by Gasteiger charge is 2.29. The molecule has 0 saturated heterocycles. The van der Waals surface area contributed by atoms with E-state index in [-0.39, 0.29) is 0 Å². The van der Waals surface area contributed by atoms with Crippen LogP contribution in [-0.4, -0.2) is 9.55 Å². The first-order chi connectivity index (χ1) is 15.4. The molecule has 0 aliphatic heterocycles. The highest BCUT2D eigenvalue weighted by atomic mass is 15.0. The second kappa shape index (κ2) is 7.70. The Morgan fingerprint density at radius 3 is 2.58 bits per heavy atom. The Kier molecular flexibility index (Phi) is 4.57. The van der Waals surface area contributed by atoms with Gasteiger partial charge in [0.1, 0.15) is 0 Å². The summed E-state index contributed by atoms with van der Waals surface area (Å²) < 4.78 is 2.20. The van der Waals surface area contributed by atoms with Crippen molar-refractivity contribution in [3.63, 3.8) is 0 Å². The smallest absolute Gasteiger partial charge is 0.0945 e. The summed E-state index contributed by atoms with van der Waals surface area (Å²) in [5, 5.41) is 0. The Labute approximate surface area is 183 Å². The lowest BCUT2D eigenvalue weighted by Crippen LogP contribution is -2.18. The number of fused-ring (bicyclic) bond motifs is 5. The Hall–Kier alpha value is -3.39. The van der Waals surface area contributed by atoms with Crippen LogP contribution in [0.5, 0.6) is 0 Å². The molecule has 2 heteroatoms. The van der Waals surface area contributed by atoms with Crippen LogP contribution < -0.4 is 0 Å². The second-order valence-corrected chi connectivity index (χ2v) is 8.72. The van der Waals surface area contributed by atoms with Crippen molar-refractivity contribution >= 4 is 0 Å². The fraction of sp³-hybridized carbons (Fsp3) is 0.207. The molecule has 0 amide bonds. The van der Waals surface area contributed by atoms with E-state index >= 15 is 0 Å². The van der Waals surface area contributed by atoms with Gasteiger partial charge in [-0.1, -0.05) is 78.9 Å². The van der Waals surface area contributed by atoms with Gasteiger partial charge >= 0.3 is 0 Å². The number of imidazole rings is 1. The maximum atomic E-state index is 4.22. The van der Waals surface area contributed by atoms with E-state index in [1.807, 2.05) is 12.5 Å². The van der Waals surface area contributed by atoms with Crippen molar-refractivity contribution in [3.8, 4) is 11.1 Å². The summed E-state index contributed by atoms with van der Waals surface area (Å²) >= 11 is 0. The van der Waals surface area contributed by atoms with Gasteiger partial charge in [0.2, 0.25) is 0 Å². The number of hydrogen-bond acceptors (Lipinski definition) is 1. The molecule has 0 bridgehead atoms. The monoisotopic (exact) mass is 402 g/mol. The van der Waals surface area contributed by atoms with Crippen LogP contribution in [0.2, 0.25) is 0 Å². The molecule has 0 saturated carbocycles. The van der Waals surface area contributed by atoms with Crippen molar-refractivity contribution in [1.29, 1.82) is 0 Å². The average molecular weight is 403 g/mol. The first kappa shape index (κ1) is 18.4. The molecule has 1 aromatic heterocycles. The fourth-order valence-electron chi connectivity index (χ4n) is 5.52. The molecule has 31 heavy (non-hydrogen) atoms. The van der Waals surface area contributed by atoms with Gasteiger partial charge in [-0.25, -0.2) is 4.98 Å². The lowest BCUT2D eigenvalue weighted by Gasteiger charge is -2.33. The Morgan fingerprint density at radius 2 is 1.71 bits per heavy atom. The van der Waals surface area contributed by atoms with Crippen molar-refractivity contribution < 1.29 is 0 Å². The Balaban J connectivity index is 1.48. The van der Waals surface area contributed by atoms with Crippen LogP contribution >= 0.6 is 0 Å². The minimum atomic E-state index is 0.336. The fourth-order valence-corrected chi connectivity index (χ4v) is 5.52. The topological polar surface area (TPSA) is 17.8 Å². The number of aryl methyl sites for hydroxylation is 2. The zero-order valence-corrected chi connectivity index (χ0v) is 17.6. The largest absolute Gasteiger partial charge is 0.337 e. The van der Waals surface area contributed by atoms with Crippen molar-refractivity contribution in [1.82, 2.24) is 9.55 Å². The lowest BCUT2D eigenvalue weighted by molar-refractivity contribution is 0.591. The maximum absolute atomic E-state index is 4.22. The van der Waals surface area contributed by atoms with Crippen molar-refractivity contribution in [2.45, 2.75) is 37.6 Å². The molecule has 4 aromatic rings. The molecule has 0 radical (unpaired) electrons. The average Bonchev–Trinajstić information content (AvgIpc) is 3.36. The summed E-state index contributed by atoms with van der Waals surface area (Å²) in [5.74, 6) is 0.778. The van der Waals surface area contributed by atoms with Gasteiger partial charge in [0.25, 0.3) is 0 Å². The molecule has 6 rings (SSSR count). The number of nitrogens with zero attached hydrogens (tertiary/aromatic N) is 2. The van der Waals surface area contributed by atoms with Crippen LogP contribution in [0.25, 0.3) is 11.1 Å². The van der Waals surface area contributed by atoms with E-state index in [0.29, 0.717) is 11.8 Å². The van der Waals surface area contributed by atoms with Crippen LogP contribution in [0.3, 0.4) is 0 Å². The molecular weight excluding hydrogens is 376 g/mol. The van der Waals surface area contributed by atoms with Crippen molar-refractivity contribution in [2.24, 2.45) is 0 Å². The molecule has 0 N–H and O–H groups in total. The number of rotatable bonds is 4. The third kappa shape index (κ3) is 3.23. The minimum absolute atomic E-state index is 0.336. The van der Waals surface area contributed by atoms with Crippen LogP contribution in [0, 0.1) is 0 Å². The number of benzene rings is 3. The third-order valence-electron chi connectivity index (χ3n) is 7.00. The molecule has 2 aliphatic carbocycles. The van der Waals surface area contributed by atoms with Gasteiger partial charge in [0.05, 0.1) is 6.33 Å². The number of allylic oxidation sites excluding steroid dienone is 2. The Morgan fingerprint density at radius 1 is 0.839 bits per heavy atom. The van der Waals surface area contributed by atoms with Gasteiger partial charge in [-0.3, -0.25) is 0 Å². The summed E-state index contributed by atoms with van der Waals surface area (Å²) in [6.07, 6.45) is 14.1. The Bertz CT molecular complexity index is 1240. The van der Waals surface area contributed by atoms with Gasteiger partial charge in [-0.15, -0.1) is 0 Å². The molecule has 0 fully saturated rings. The lowest BCUT2D eigenvalue weighted by atomic mass is 9.71. The number of hydrogen-bond donors (Lipinski definition) is 0. The zero-order valence-electron chi connectivity index (χ0n) is 17.6. The molecule has 2 atom stereocenters. The number of aromatic nitrogens is 2. The van der Waals surface area contributed by atoms with E-state index in [9.17, 15) is 0 Å². The maximum Gasteiger partial charge on any atom is 0.0945 e. The highest BCUT2D eigenvalue weighted by Crippen LogP contribution is 2.46. The molecule has 0 spiro atoms. The minimum Gasteiger partial charge on any atom is -0.337 e. The standard InChI is InChI=1S/C29H26N2/c1-2-6-21(7-3-1)25-12-11-23(16-18-31-19-17-30-20-31)29-27(25)15-14-26-24-9-5-4-8-22(24)10-13-28(26)29/h1-9,11-12,14-15,17,19-20,23,25H,10,13,16,18H2. The van der Waals surface area contributed by atoms with Crippen LogP contribution in [0.15, 0.2) is 97.6 Å². The third-order valence-corrected chi connectivity index (χ3v) is 7.00. The highest BCUT2D eigenvalue weighted by molar-refractivity contribution is 5.76. The molecule has 2 nitrogen and oxygen atoms in total. The van der Waals surface area contributed by atoms with Crippen LogP contribution in [0.4, 0.5) is 0 Å². The second-order valence-electron chi connectivity index (χ2n) is 8.72. The van der Waals surface area contributed by atoms with E-state index < -0.39 is 0 Å². The molecule has 152 valence electrons. The van der Waals surface area contributed by atoms with E-state index in [1.165, 1.54) is 27.8 Å². The first-order valence-electron chi connectivity index (χ1n) is 11.3. The SMILES string of the molecule is C1=CC(c2ccccc2)c2ccc3c(c2C1CCn1ccnc1)CCc1ccccc1-3. The summed E-state index contributed by atoms with van der Waals surface area (Å²) in [6, 6.07) is 24.7. The van der Waals surface area contributed by atoms with E-state index in [4.69, 9.17) is 0 Å². The van der Waals surface area contributed by atoms with Crippen LogP contribution in [0.1, 0.15) is 46.1 Å². The summed E-state index contributed by atoms with van der Waals surface area (Å²) in [6.45, 7) is 0.991. The van der Waals surface area contributed by atoms with E-state index in [2.05, 4.69) is 94.6 Å². The van der Waals surface area contributed by atoms with Gasteiger partial charge in [-0.2, -0.15) is 0 Å². The van der Waals surface area contributed by atoms with Crippen LogP contribution in [-0.2, 0) is 19.4 Å². The van der Waals surface area contributed by atoms with Gasteiger partial charge in [0, 0.05) is 30.8 Å². The first-order valence-corrected chi connectivity index (χ1v) is 11.3. The molecule has 2 unspecified atom stereocenters. The summed E-state index contributed by atoms with van der Waals surface area (Å²) in [5.41, 5.74) is 10.4.